The number of para-hydroxylation sites is 1. The molecule has 1 heterocycles. The molecule has 6 heteroatoms. The molecule has 0 fully saturated rings. The summed E-state index contributed by atoms with van der Waals surface area (Å²) in [6.07, 6.45) is 0. The molecule has 20 heavy (non-hydrogen) atoms. The van der Waals surface area contributed by atoms with E-state index in [0.717, 1.165) is 22.3 Å². The highest BCUT2D eigenvalue weighted by molar-refractivity contribution is 7.71. The Morgan fingerprint density at radius 1 is 1.05 bits per heavy atom. The Hall–Kier alpha value is -1.00. The zero-order valence-corrected chi connectivity index (χ0v) is 13.5. The Balaban J connectivity index is 2.41. The first-order valence-electron chi connectivity index (χ1n) is 5.84. The highest BCUT2D eigenvalue weighted by Gasteiger charge is 2.13. The Bertz CT molecular complexity index is 880. The molecule has 0 saturated heterocycles. The van der Waals surface area contributed by atoms with Gasteiger partial charge < -0.3 is 4.98 Å². The lowest BCUT2D eigenvalue weighted by Gasteiger charge is -2.09. The maximum Gasteiger partial charge on any atom is 0.182 e. The van der Waals surface area contributed by atoms with Crippen LogP contribution in [0, 0.1) is 11.7 Å². The monoisotopic (exact) mass is 342 g/mol. The van der Waals surface area contributed by atoms with Gasteiger partial charge in [-0.2, -0.15) is 0 Å². The van der Waals surface area contributed by atoms with E-state index in [1.807, 2.05) is 41.8 Å². The molecule has 0 bridgehead atoms. The second-order valence-electron chi connectivity index (χ2n) is 4.45. The Labute approximate surface area is 135 Å². The predicted molar refractivity (Wildman–Crippen MR) is 88.2 cm³/mol. The summed E-state index contributed by atoms with van der Waals surface area (Å²) in [5.74, 6) is 0. The van der Waals surface area contributed by atoms with Crippen LogP contribution in [-0.2, 0) is 0 Å². The Morgan fingerprint density at radius 3 is 2.55 bits per heavy atom. The predicted octanol–water partition coefficient (Wildman–Crippen LogP) is 5.96. The largest absolute Gasteiger partial charge is 0.329 e. The van der Waals surface area contributed by atoms with Gasteiger partial charge in [-0.15, -0.1) is 0 Å². The normalized spacial score (nSPS) is 11.2. The topological polar surface area (TPSA) is 20.7 Å². The van der Waals surface area contributed by atoms with E-state index in [1.165, 1.54) is 0 Å². The van der Waals surface area contributed by atoms with Crippen molar-refractivity contribution in [2.45, 2.75) is 6.92 Å². The molecule has 0 aliphatic heterocycles. The van der Waals surface area contributed by atoms with Crippen LogP contribution in [0.15, 0.2) is 30.3 Å². The van der Waals surface area contributed by atoms with Crippen molar-refractivity contribution in [3.8, 4) is 5.69 Å². The van der Waals surface area contributed by atoms with E-state index in [4.69, 9.17) is 47.0 Å². The molecule has 2 nitrogen and oxygen atoms in total. The molecule has 2 aromatic carbocycles. The van der Waals surface area contributed by atoms with E-state index < -0.39 is 0 Å². The van der Waals surface area contributed by atoms with Crippen molar-refractivity contribution in [1.29, 1.82) is 0 Å². The van der Waals surface area contributed by atoms with Crippen LogP contribution >= 0.6 is 47.0 Å². The van der Waals surface area contributed by atoms with Crippen LogP contribution in [0.5, 0.6) is 0 Å². The number of hydrogen-bond acceptors (Lipinski definition) is 1. The number of aromatic amines is 1. The summed E-state index contributed by atoms with van der Waals surface area (Å²) in [5, 5.41) is 1.84. The second kappa shape index (κ2) is 5.08. The number of halogens is 3. The number of rotatable bonds is 1. The fourth-order valence-electron chi connectivity index (χ4n) is 2.14. The number of aryl methyl sites for hydroxylation is 1. The van der Waals surface area contributed by atoms with Gasteiger partial charge in [0.05, 0.1) is 26.8 Å². The third kappa shape index (κ3) is 2.15. The summed E-state index contributed by atoms with van der Waals surface area (Å²) in [7, 11) is 0. The van der Waals surface area contributed by atoms with Crippen LogP contribution in [0.2, 0.25) is 15.1 Å². The summed E-state index contributed by atoms with van der Waals surface area (Å²) in [6.45, 7) is 1.91. The molecule has 0 amide bonds. The summed E-state index contributed by atoms with van der Waals surface area (Å²) >= 11 is 24.1. The van der Waals surface area contributed by atoms with E-state index in [-0.39, 0.29) is 0 Å². The number of imidazole rings is 1. The van der Waals surface area contributed by atoms with Crippen LogP contribution in [-0.4, -0.2) is 9.55 Å². The standard InChI is InChI=1S/C14H9Cl3N2S/c1-7-5-10(17)12(6-9(7)16)19-11-4-2-3-8(15)13(11)18-14(19)20/h2-6H,1H3,(H,18,20). The molecular formula is C14H9Cl3N2S. The lowest BCUT2D eigenvalue weighted by molar-refractivity contribution is 1.06. The van der Waals surface area contributed by atoms with Gasteiger partial charge in [0.15, 0.2) is 4.77 Å². The number of benzene rings is 2. The van der Waals surface area contributed by atoms with Crippen molar-refractivity contribution in [2.75, 3.05) is 0 Å². The number of nitrogens with zero attached hydrogens (tertiary/aromatic N) is 1. The molecular weight excluding hydrogens is 335 g/mol. The molecule has 0 saturated carbocycles. The van der Waals surface area contributed by atoms with E-state index >= 15 is 0 Å². The van der Waals surface area contributed by atoms with Gasteiger partial charge in [-0.25, -0.2) is 0 Å². The summed E-state index contributed by atoms with van der Waals surface area (Å²) in [6, 6.07) is 9.24. The minimum absolute atomic E-state index is 0.523. The smallest absolute Gasteiger partial charge is 0.182 e. The maximum atomic E-state index is 6.33. The van der Waals surface area contributed by atoms with E-state index in [1.54, 1.807) is 0 Å². The van der Waals surface area contributed by atoms with Gasteiger partial charge in [0.1, 0.15) is 0 Å². The zero-order chi connectivity index (χ0) is 14.4. The van der Waals surface area contributed by atoms with Crippen LogP contribution in [0.4, 0.5) is 0 Å². The van der Waals surface area contributed by atoms with Crippen molar-refractivity contribution in [1.82, 2.24) is 9.55 Å². The molecule has 3 rings (SSSR count). The second-order valence-corrected chi connectivity index (χ2v) is 6.06. The van der Waals surface area contributed by atoms with Gasteiger partial charge in [-0.1, -0.05) is 40.9 Å². The molecule has 3 aromatic rings. The quantitative estimate of drug-likeness (QED) is 0.541. The number of fused-ring (bicyclic) bond motifs is 1. The lowest BCUT2D eigenvalue weighted by Crippen LogP contribution is -1.96. The highest BCUT2D eigenvalue weighted by atomic mass is 35.5. The fourth-order valence-corrected chi connectivity index (χ4v) is 3.12. The number of hydrogen-bond donors (Lipinski definition) is 1. The molecule has 1 aromatic heterocycles. The van der Waals surface area contributed by atoms with Gasteiger partial charge in [0, 0.05) is 5.02 Å². The van der Waals surface area contributed by atoms with Crippen LogP contribution in [0.1, 0.15) is 5.56 Å². The van der Waals surface area contributed by atoms with Crippen LogP contribution in [0.25, 0.3) is 16.7 Å². The van der Waals surface area contributed by atoms with Crippen molar-refractivity contribution in [2.24, 2.45) is 0 Å². The van der Waals surface area contributed by atoms with Gasteiger partial charge in [0.2, 0.25) is 0 Å². The van der Waals surface area contributed by atoms with Gasteiger partial charge >= 0.3 is 0 Å². The minimum Gasteiger partial charge on any atom is -0.329 e. The van der Waals surface area contributed by atoms with Crippen molar-refractivity contribution >= 4 is 58.1 Å². The average Bonchev–Trinajstić information content (AvgIpc) is 2.72. The Kier molecular flexibility index (Phi) is 3.55. The molecule has 0 radical (unpaired) electrons. The highest BCUT2D eigenvalue weighted by Crippen LogP contribution is 2.32. The summed E-state index contributed by atoms with van der Waals surface area (Å²) < 4.78 is 2.36. The van der Waals surface area contributed by atoms with Crippen molar-refractivity contribution in [3.05, 3.63) is 55.7 Å². The first-order chi connectivity index (χ1) is 9.49. The summed E-state index contributed by atoms with van der Waals surface area (Å²) in [5.41, 5.74) is 3.31. The van der Waals surface area contributed by atoms with Crippen molar-refractivity contribution < 1.29 is 0 Å². The molecule has 102 valence electrons. The molecule has 0 atom stereocenters. The first kappa shape index (κ1) is 14.0. The summed E-state index contributed by atoms with van der Waals surface area (Å²) in [4.78, 5) is 3.10. The van der Waals surface area contributed by atoms with Gasteiger partial charge in [-0.05, 0) is 49.0 Å². The number of nitrogens with one attached hydrogen (secondary N) is 1. The van der Waals surface area contributed by atoms with Crippen molar-refractivity contribution in [3.63, 3.8) is 0 Å². The van der Waals surface area contributed by atoms with Gasteiger partial charge in [0.25, 0.3) is 0 Å². The molecule has 0 aliphatic rings. The lowest BCUT2D eigenvalue weighted by atomic mass is 10.2. The number of H-pyrrole nitrogens is 1. The van der Waals surface area contributed by atoms with Gasteiger partial charge in [-0.3, -0.25) is 4.57 Å². The van der Waals surface area contributed by atoms with Crippen LogP contribution in [0.3, 0.4) is 0 Å². The average molecular weight is 344 g/mol. The molecule has 1 N–H and O–H groups in total. The third-order valence-electron chi connectivity index (χ3n) is 3.14. The zero-order valence-electron chi connectivity index (χ0n) is 10.4. The first-order valence-corrected chi connectivity index (χ1v) is 7.38. The molecule has 0 spiro atoms. The Morgan fingerprint density at radius 2 is 1.80 bits per heavy atom. The number of aromatic nitrogens is 2. The maximum absolute atomic E-state index is 6.33. The minimum atomic E-state index is 0.523. The fraction of sp³-hybridized carbons (Fsp3) is 0.0714. The molecule has 0 unspecified atom stereocenters. The van der Waals surface area contributed by atoms with E-state index in [9.17, 15) is 0 Å². The van der Waals surface area contributed by atoms with E-state index in [0.29, 0.717) is 19.8 Å². The third-order valence-corrected chi connectivity index (χ3v) is 4.45. The SMILES string of the molecule is Cc1cc(Cl)c(-n2c(=S)[nH]c3c(Cl)cccc32)cc1Cl. The van der Waals surface area contributed by atoms with E-state index in [2.05, 4.69) is 4.98 Å². The molecule has 0 aliphatic carbocycles. The van der Waals surface area contributed by atoms with Crippen LogP contribution < -0.4 is 0 Å².